The molecule has 3 rings (SSSR count). The summed E-state index contributed by atoms with van der Waals surface area (Å²) in [6, 6.07) is 8.40. The van der Waals surface area contributed by atoms with E-state index in [-0.39, 0.29) is 12.1 Å². The number of carbonyl (C=O) groups is 1. The van der Waals surface area contributed by atoms with Gasteiger partial charge in [-0.3, -0.25) is 0 Å². The number of carbonyl (C=O) groups excluding carboxylic acids is 1. The second kappa shape index (κ2) is 5.30. The maximum Gasteiger partial charge on any atom is 0.407 e. The van der Waals surface area contributed by atoms with Crippen LogP contribution in [0.4, 0.5) is 4.79 Å². The molecule has 1 aromatic carbocycles. The normalized spacial score (nSPS) is 18.3. The highest BCUT2D eigenvalue weighted by atomic mass is 32.2. The fraction of sp³-hybridized carbons (Fsp3) is 0.438. The number of H-pyrrole nitrogens is 1. The standard InChI is InChI=1S/C16H20N2O2S/c1-16(2,3)20-15(19)17-10-8-12-11-6-4-5-7-13(11)18-14(12)21-9-10/h4-7,10,18H,8-9H2,1-3H3,(H,17,19). The van der Waals surface area contributed by atoms with Crippen LogP contribution in [0.3, 0.4) is 0 Å². The van der Waals surface area contributed by atoms with Crippen molar-refractivity contribution in [2.24, 2.45) is 0 Å². The zero-order valence-corrected chi connectivity index (χ0v) is 13.3. The van der Waals surface area contributed by atoms with Crippen molar-refractivity contribution in [2.45, 2.75) is 43.9 Å². The second-order valence-corrected chi connectivity index (χ2v) is 7.37. The van der Waals surface area contributed by atoms with Crippen LogP contribution in [0.15, 0.2) is 29.3 Å². The van der Waals surface area contributed by atoms with E-state index in [0.29, 0.717) is 0 Å². The maximum atomic E-state index is 11.9. The van der Waals surface area contributed by atoms with E-state index in [4.69, 9.17) is 4.74 Å². The SMILES string of the molecule is CC(C)(C)OC(=O)NC1CSc2[nH]c3ccccc3c2C1. The fourth-order valence-corrected chi connectivity index (χ4v) is 3.68. The van der Waals surface area contributed by atoms with Gasteiger partial charge in [-0.25, -0.2) is 4.79 Å². The van der Waals surface area contributed by atoms with Crippen molar-refractivity contribution >= 4 is 28.8 Å². The predicted molar refractivity (Wildman–Crippen MR) is 85.9 cm³/mol. The van der Waals surface area contributed by atoms with E-state index in [2.05, 4.69) is 22.4 Å². The van der Waals surface area contributed by atoms with Crippen LogP contribution < -0.4 is 5.32 Å². The molecule has 2 aromatic rings. The molecule has 1 unspecified atom stereocenters. The van der Waals surface area contributed by atoms with Gasteiger partial charge < -0.3 is 15.0 Å². The average Bonchev–Trinajstić information content (AvgIpc) is 2.74. The van der Waals surface area contributed by atoms with Gasteiger partial charge in [0.1, 0.15) is 5.60 Å². The summed E-state index contributed by atoms with van der Waals surface area (Å²) in [5, 5.41) is 5.44. The maximum absolute atomic E-state index is 11.9. The van der Waals surface area contributed by atoms with Crippen LogP contribution >= 0.6 is 11.8 Å². The largest absolute Gasteiger partial charge is 0.444 e. The van der Waals surface area contributed by atoms with Crippen LogP contribution in [0.5, 0.6) is 0 Å². The first-order chi connectivity index (χ1) is 9.92. The summed E-state index contributed by atoms with van der Waals surface area (Å²) in [6.07, 6.45) is 0.502. The number of alkyl carbamates (subject to hydrolysis) is 1. The summed E-state index contributed by atoms with van der Waals surface area (Å²) >= 11 is 1.76. The number of aromatic amines is 1. The third kappa shape index (κ3) is 3.18. The summed E-state index contributed by atoms with van der Waals surface area (Å²) in [4.78, 5) is 15.3. The van der Waals surface area contributed by atoms with Gasteiger partial charge in [-0.05, 0) is 38.8 Å². The number of nitrogens with one attached hydrogen (secondary N) is 2. The van der Waals surface area contributed by atoms with Crippen molar-refractivity contribution in [3.05, 3.63) is 29.8 Å². The molecule has 0 radical (unpaired) electrons. The van der Waals surface area contributed by atoms with E-state index in [1.54, 1.807) is 11.8 Å². The van der Waals surface area contributed by atoms with Gasteiger partial charge in [0.15, 0.2) is 0 Å². The second-order valence-electron chi connectivity index (χ2n) is 6.34. The minimum absolute atomic E-state index is 0.108. The minimum Gasteiger partial charge on any atom is -0.444 e. The summed E-state index contributed by atoms with van der Waals surface area (Å²) in [7, 11) is 0. The molecule has 1 aliphatic heterocycles. The Morgan fingerprint density at radius 3 is 2.90 bits per heavy atom. The fourth-order valence-electron chi connectivity index (χ4n) is 2.56. The molecule has 4 nitrogen and oxygen atoms in total. The topological polar surface area (TPSA) is 54.1 Å². The minimum atomic E-state index is -0.460. The summed E-state index contributed by atoms with van der Waals surface area (Å²) in [6.45, 7) is 5.62. The molecular formula is C16H20N2O2S. The van der Waals surface area contributed by atoms with Crippen LogP contribution in [0.1, 0.15) is 26.3 Å². The van der Waals surface area contributed by atoms with Crippen molar-refractivity contribution in [2.75, 3.05) is 5.75 Å². The van der Waals surface area contributed by atoms with E-state index < -0.39 is 5.60 Å². The first-order valence-electron chi connectivity index (χ1n) is 7.14. The lowest BCUT2D eigenvalue weighted by atomic mass is 10.1. The number of hydrogen-bond acceptors (Lipinski definition) is 3. The number of aromatic nitrogens is 1. The van der Waals surface area contributed by atoms with Gasteiger partial charge >= 0.3 is 6.09 Å². The monoisotopic (exact) mass is 304 g/mol. The Morgan fingerprint density at radius 2 is 2.14 bits per heavy atom. The van der Waals surface area contributed by atoms with Crippen molar-refractivity contribution in [3.8, 4) is 0 Å². The van der Waals surface area contributed by atoms with Gasteiger partial charge in [-0.2, -0.15) is 0 Å². The smallest absolute Gasteiger partial charge is 0.407 e. The van der Waals surface area contributed by atoms with Crippen LogP contribution in [0, 0.1) is 0 Å². The van der Waals surface area contributed by atoms with Gasteiger partial charge in [0.25, 0.3) is 0 Å². The molecule has 1 aromatic heterocycles. The molecule has 0 saturated heterocycles. The molecule has 21 heavy (non-hydrogen) atoms. The molecule has 1 aliphatic rings. The lowest BCUT2D eigenvalue weighted by Crippen LogP contribution is -2.42. The first kappa shape index (κ1) is 14.3. The Kier molecular flexibility index (Phi) is 3.61. The molecule has 2 heterocycles. The van der Waals surface area contributed by atoms with E-state index >= 15 is 0 Å². The number of thioether (sulfide) groups is 1. The zero-order valence-electron chi connectivity index (χ0n) is 12.5. The summed E-state index contributed by atoms with van der Waals surface area (Å²) < 4.78 is 5.33. The summed E-state index contributed by atoms with van der Waals surface area (Å²) in [5.74, 6) is 0.860. The van der Waals surface area contributed by atoms with Crippen LogP contribution in [0.2, 0.25) is 0 Å². The van der Waals surface area contributed by atoms with Gasteiger partial charge in [-0.1, -0.05) is 18.2 Å². The van der Waals surface area contributed by atoms with Crippen molar-refractivity contribution < 1.29 is 9.53 Å². The number of rotatable bonds is 1. The molecule has 0 saturated carbocycles. The number of fused-ring (bicyclic) bond motifs is 3. The molecule has 0 bridgehead atoms. The van der Waals surface area contributed by atoms with Gasteiger partial charge in [-0.15, -0.1) is 11.8 Å². The Morgan fingerprint density at radius 1 is 1.38 bits per heavy atom. The highest BCUT2D eigenvalue weighted by Crippen LogP contribution is 2.35. The molecule has 0 aliphatic carbocycles. The Hall–Kier alpha value is -1.62. The average molecular weight is 304 g/mol. The lowest BCUT2D eigenvalue weighted by Gasteiger charge is -2.25. The number of amides is 1. The van der Waals surface area contributed by atoms with Crippen molar-refractivity contribution in [1.29, 1.82) is 0 Å². The predicted octanol–water partition coefficient (Wildman–Crippen LogP) is 3.71. The van der Waals surface area contributed by atoms with Crippen LogP contribution in [0.25, 0.3) is 10.9 Å². The van der Waals surface area contributed by atoms with Gasteiger partial charge in [0, 0.05) is 22.7 Å². The summed E-state index contributed by atoms with van der Waals surface area (Å²) in [5.41, 5.74) is 1.99. The third-order valence-corrected chi connectivity index (χ3v) is 4.58. The molecule has 1 atom stereocenters. The Bertz CT molecular complexity index is 672. The van der Waals surface area contributed by atoms with E-state index in [1.807, 2.05) is 32.9 Å². The van der Waals surface area contributed by atoms with E-state index in [1.165, 1.54) is 16.0 Å². The van der Waals surface area contributed by atoms with Gasteiger partial charge in [0.2, 0.25) is 0 Å². The number of hydrogen-bond donors (Lipinski definition) is 2. The first-order valence-corrected chi connectivity index (χ1v) is 8.13. The third-order valence-electron chi connectivity index (χ3n) is 3.37. The number of benzene rings is 1. The molecule has 2 N–H and O–H groups in total. The molecule has 112 valence electrons. The quantitative estimate of drug-likeness (QED) is 0.844. The number of ether oxygens (including phenoxy) is 1. The van der Waals surface area contributed by atoms with Crippen LogP contribution in [-0.2, 0) is 11.2 Å². The molecule has 0 fully saturated rings. The highest BCUT2D eigenvalue weighted by molar-refractivity contribution is 7.99. The van der Waals surface area contributed by atoms with E-state index in [0.717, 1.165) is 17.7 Å². The van der Waals surface area contributed by atoms with Crippen molar-refractivity contribution in [1.82, 2.24) is 10.3 Å². The lowest BCUT2D eigenvalue weighted by molar-refractivity contribution is 0.0509. The van der Waals surface area contributed by atoms with Crippen molar-refractivity contribution in [3.63, 3.8) is 0 Å². The molecule has 1 amide bonds. The number of para-hydroxylation sites is 1. The highest BCUT2D eigenvalue weighted by Gasteiger charge is 2.26. The Balaban J connectivity index is 1.74. The van der Waals surface area contributed by atoms with Crippen LogP contribution in [-0.4, -0.2) is 28.5 Å². The Labute approximate surface area is 128 Å². The van der Waals surface area contributed by atoms with E-state index in [9.17, 15) is 4.79 Å². The zero-order chi connectivity index (χ0) is 15.0. The molecule has 0 spiro atoms. The molecule has 5 heteroatoms. The molecular weight excluding hydrogens is 284 g/mol. The van der Waals surface area contributed by atoms with Gasteiger partial charge in [0.05, 0.1) is 5.03 Å².